The van der Waals surface area contributed by atoms with Crippen molar-refractivity contribution in [2.45, 2.75) is 43.2 Å². The lowest BCUT2D eigenvalue weighted by Gasteiger charge is -2.53. The SMILES string of the molecule is O=S(=O)(NC1CCC12CCN(Cc1ccco1)CC2)c1ccccc1. The molecule has 2 heterocycles. The first-order valence-corrected chi connectivity index (χ1v) is 10.4. The van der Waals surface area contributed by atoms with Crippen LogP contribution in [0.1, 0.15) is 31.4 Å². The molecule has 5 nitrogen and oxygen atoms in total. The predicted molar refractivity (Wildman–Crippen MR) is 95.4 cm³/mol. The zero-order valence-corrected chi connectivity index (χ0v) is 15.0. The largest absolute Gasteiger partial charge is 0.468 e. The van der Waals surface area contributed by atoms with Crippen molar-refractivity contribution in [3.63, 3.8) is 0 Å². The summed E-state index contributed by atoms with van der Waals surface area (Å²) < 4.78 is 33.6. The Labute approximate surface area is 149 Å². The molecule has 1 aliphatic heterocycles. The molecular weight excluding hydrogens is 336 g/mol. The van der Waals surface area contributed by atoms with E-state index in [0.29, 0.717) is 4.90 Å². The van der Waals surface area contributed by atoms with Crippen LogP contribution in [0.15, 0.2) is 58.0 Å². The quantitative estimate of drug-likeness (QED) is 0.890. The van der Waals surface area contributed by atoms with Crippen LogP contribution < -0.4 is 4.72 Å². The number of furan rings is 1. The molecule has 1 atom stereocenters. The average Bonchev–Trinajstić information content (AvgIpc) is 3.13. The van der Waals surface area contributed by atoms with E-state index in [9.17, 15) is 8.42 Å². The zero-order valence-electron chi connectivity index (χ0n) is 14.2. The summed E-state index contributed by atoms with van der Waals surface area (Å²) in [5.74, 6) is 0.992. The summed E-state index contributed by atoms with van der Waals surface area (Å²) >= 11 is 0. The Kier molecular flexibility index (Phi) is 4.43. The lowest BCUT2D eigenvalue weighted by Crippen LogP contribution is -2.58. The van der Waals surface area contributed by atoms with Crippen molar-refractivity contribution < 1.29 is 12.8 Å². The number of benzene rings is 1. The minimum atomic E-state index is -3.43. The third kappa shape index (κ3) is 3.38. The van der Waals surface area contributed by atoms with Gasteiger partial charge < -0.3 is 4.42 Å². The van der Waals surface area contributed by atoms with Gasteiger partial charge >= 0.3 is 0 Å². The molecule has 0 amide bonds. The van der Waals surface area contributed by atoms with Crippen molar-refractivity contribution in [2.75, 3.05) is 13.1 Å². The minimum Gasteiger partial charge on any atom is -0.468 e. The molecule has 1 aliphatic carbocycles. The zero-order chi connectivity index (χ0) is 17.3. The summed E-state index contributed by atoms with van der Waals surface area (Å²) in [6, 6.07) is 12.6. The van der Waals surface area contributed by atoms with E-state index >= 15 is 0 Å². The molecule has 1 aromatic heterocycles. The second kappa shape index (κ2) is 6.59. The Balaban J connectivity index is 1.38. The number of sulfonamides is 1. The van der Waals surface area contributed by atoms with Crippen LogP contribution in [0.2, 0.25) is 0 Å². The molecule has 1 spiro atoms. The van der Waals surface area contributed by atoms with E-state index in [-0.39, 0.29) is 11.5 Å². The van der Waals surface area contributed by atoms with E-state index in [1.807, 2.05) is 18.2 Å². The van der Waals surface area contributed by atoms with Crippen molar-refractivity contribution >= 4 is 10.0 Å². The highest BCUT2D eigenvalue weighted by Gasteiger charge is 2.49. The maximum absolute atomic E-state index is 12.6. The second-order valence-corrected chi connectivity index (χ2v) is 8.96. The van der Waals surface area contributed by atoms with E-state index in [1.165, 1.54) is 0 Å². The number of likely N-dealkylation sites (tertiary alicyclic amines) is 1. The van der Waals surface area contributed by atoms with Gasteiger partial charge in [-0.25, -0.2) is 13.1 Å². The van der Waals surface area contributed by atoms with Crippen molar-refractivity contribution in [3.8, 4) is 0 Å². The highest BCUT2D eigenvalue weighted by molar-refractivity contribution is 7.89. The van der Waals surface area contributed by atoms with Crippen LogP contribution in [0.4, 0.5) is 0 Å². The summed E-state index contributed by atoms with van der Waals surface area (Å²) in [7, 11) is -3.43. The van der Waals surface area contributed by atoms with Crippen LogP contribution >= 0.6 is 0 Å². The van der Waals surface area contributed by atoms with Crippen LogP contribution in [-0.4, -0.2) is 32.4 Å². The monoisotopic (exact) mass is 360 g/mol. The van der Waals surface area contributed by atoms with Gasteiger partial charge in [-0.1, -0.05) is 18.2 Å². The third-order valence-corrected chi connectivity index (χ3v) is 7.32. The fourth-order valence-corrected chi connectivity index (χ4v) is 5.51. The molecule has 2 aliphatic rings. The molecule has 1 aromatic carbocycles. The highest BCUT2D eigenvalue weighted by Crippen LogP contribution is 2.49. The molecule has 1 saturated carbocycles. The first-order valence-electron chi connectivity index (χ1n) is 8.90. The fourth-order valence-electron chi connectivity index (χ4n) is 4.11. The Morgan fingerprint density at radius 3 is 2.44 bits per heavy atom. The van der Waals surface area contributed by atoms with Crippen LogP contribution in [-0.2, 0) is 16.6 Å². The minimum absolute atomic E-state index is 0.0588. The van der Waals surface area contributed by atoms with Gasteiger partial charge in [0, 0.05) is 6.04 Å². The Morgan fingerprint density at radius 2 is 1.84 bits per heavy atom. The van der Waals surface area contributed by atoms with E-state index in [0.717, 1.165) is 51.1 Å². The second-order valence-electron chi connectivity index (χ2n) is 7.24. The first kappa shape index (κ1) is 16.8. The number of nitrogens with one attached hydrogen (secondary N) is 1. The van der Waals surface area contributed by atoms with Gasteiger partial charge in [0.05, 0.1) is 17.7 Å². The van der Waals surface area contributed by atoms with Gasteiger partial charge in [0.15, 0.2) is 0 Å². The molecule has 0 radical (unpaired) electrons. The number of hydrogen-bond donors (Lipinski definition) is 1. The maximum Gasteiger partial charge on any atom is 0.240 e. The van der Waals surface area contributed by atoms with Gasteiger partial charge in [-0.3, -0.25) is 4.90 Å². The lowest BCUT2D eigenvalue weighted by molar-refractivity contribution is -0.000930. The van der Waals surface area contributed by atoms with Crippen molar-refractivity contribution in [2.24, 2.45) is 5.41 Å². The summed E-state index contributed by atoms with van der Waals surface area (Å²) in [5.41, 5.74) is 0.127. The standard InChI is InChI=1S/C19H24N2O3S/c22-25(23,17-6-2-1-3-7-17)20-18-8-9-19(18)10-12-21(13-11-19)15-16-5-4-14-24-16/h1-7,14,18,20H,8-13,15H2. The van der Waals surface area contributed by atoms with E-state index in [4.69, 9.17) is 4.42 Å². The van der Waals surface area contributed by atoms with Crippen LogP contribution in [0.5, 0.6) is 0 Å². The molecule has 25 heavy (non-hydrogen) atoms. The van der Waals surface area contributed by atoms with Gasteiger partial charge in [-0.2, -0.15) is 0 Å². The summed E-state index contributed by atoms with van der Waals surface area (Å²) in [5, 5.41) is 0. The van der Waals surface area contributed by atoms with Gasteiger partial charge in [0.25, 0.3) is 0 Å². The Hall–Kier alpha value is -1.63. The molecule has 1 N–H and O–H groups in total. The lowest BCUT2D eigenvalue weighted by atomic mass is 9.59. The maximum atomic E-state index is 12.6. The molecule has 0 bridgehead atoms. The summed E-state index contributed by atoms with van der Waals surface area (Å²) in [4.78, 5) is 2.75. The predicted octanol–water partition coefficient (Wildman–Crippen LogP) is 3.00. The number of piperidine rings is 1. The van der Waals surface area contributed by atoms with E-state index < -0.39 is 10.0 Å². The molecular formula is C19H24N2O3S. The molecule has 6 heteroatoms. The molecule has 1 unspecified atom stereocenters. The van der Waals surface area contributed by atoms with Crippen LogP contribution in [0, 0.1) is 5.41 Å². The average molecular weight is 360 g/mol. The van der Waals surface area contributed by atoms with Crippen molar-refractivity contribution in [3.05, 3.63) is 54.5 Å². The highest BCUT2D eigenvalue weighted by atomic mass is 32.2. The first-order chi connectivity index (χ1) is 12.1. The molecule has 2 fully saturated rings. The molecule has 2 aromatic rings. The normalized spacial score (nSPS) is 23.4. The fraction of sp³-hybridized carbons (Fsp3) is 0.474. The van der Waals surface area contributed by atoms with Crippen molar-refractivity contribution in [1.82, 2.24) is 9.62 Å². The van der Waals surface area contributed by atoms with E-state index in [2.05, 4.69) is 9.62 Å². The van der Waals surface area contributed by atoms with E-state index in [1.54, 1.807) is 30.5 Å². The molecule has 134 valence electrons. The molecule has 4 rings (SSSR count). The van der Waals surface area contributed by atoms with Gasteiger partial charge in [-0.05, 0) is 68.5 Å². The van der Waals surface area contributed by atoms with Crippen LogP contribution in [0.3, 0.4) is 0 Å². The Morgan fingerprint density at radius 1 is 1.08 bits per heavy atom. The van der Waals surface area contributed by atoms with Crippen LogP contribution in [0.25, 0.3) is 0 Å². The van der Waals surface area contributed by atoms with Crippen molar-refractivity contribution in [1.29, 1.82) is 0 Å². The summed E-state index contributed by atoms with van der Waals surface area (Å²) in [6.45, 7) is 2.82. The van der Waals surface area contributed by atoms with Gasteiger partial charge in [-0.15, -0.1) is 0 Å². The van der Waals surface area contributed by atoms with Gasteiger partial charge in [0.2, 0.25) is 10.0 Å². The van der Waals surface area contributed by atoms with Gasteiger partial charge in [0.1, 0.15) is 5.76 Å². The third-order valence-electron chi connectivity index (χ3n) is 5.83. The number of rotatable bonds is 5. The summed E-state index contributed by atoms with van der Waals surface area (Å²) in [6.07, 6.45) is 5.83. The number of nitrogens with zero attached hydrogens (tertiary/aromatic N) is 1. The number of hydrogen-bond acceptors (Lipinski definition) is 4. The Bertz CT molecular complexity index is 794. The molecule has 1 saturated heterocycles. The topological polar surface area (TPSA) is 62.6 Å². The smallest absolute Gasteiger partial charge is 0.240 e.